The van der Waals surface area contributed by atoms with Crippen LogP contribution in [0, 0.1) is 5.92 Å². The molecule has 3 amide bonds. The number of rotatable bonds is 14. The van der Waals surface area contributed by atoms with E-state index in [-0.39, 0.29) is 18.8 Å². The molecule has 0 rings (SSSR count). The summed E-state index contributed by atoms with van der Waals surface area (Å²) < 4.78 is 0. The standard InChI is InChI=1S/C19H37N5O6/c1-10(2)9-14(19(29)30)23-18(28)15(12(4)25)24-17(27)13(7-5-6-8-20)22-16(26)11(3)21/h10-15,25H,5-9,20-21H2,1-4H3,(H,22,26)(H,23,28)(H,24,27)(H,29,30). The van der Waals surface area contributed by atoms with Crippen LogP contribution < -0.4 is 27.4 Å². The average molecular weight is 432 g/mol. The lowest BCUT2D eigenvalue weighted by Gasteiger charge is -2.26. The number of nitrogens with two attached hydrogens (primary N) is 2. The minimum Gasteiger partial charge on any atom is -0.480 e. The van der Waals surface area contributed by atoms with Gasteiger partial charge in [-0.15, -0.1) is 0 Å². The SMILES string of the molecule is CC(C)CC(NC(=O)C(NC(=O)C(CCCCN)NC(=O)C(C)N)C(C)O)C(=O)O. The van der Waals surface area contributed by atoms with Gasteiger partial charge in [-0.25, -0.2) is 4.79 Å². The van der Waals surface area contributed by atoms with Gasteiger partial charge in [0, 0.05) is 0 Å². The number of carbonyl (C=O) groups is 4. The normalized spacial score (nSPS) is 16.1. The molecule has 11 heteroatoms. The van der Waals surface area contributed by atoms with Crippen molar-refractivity contribution in [3.8, 4) is 0 Å². The van der Waals surface area contributed by atoms with Gasteiger partial charge < -0.3 is 37.6 Å². The lowest BCUT2D eigenvalue weighted by atomic mass is 10.0. The lowest BCUT2D eigenvalue weighted by Crippen LogP contribution is -2.59. The zero-order valence-electron chi connectivity index (χ0n) is 18.2. The van der Waals surface area contributed by atoms with Crippen LogP contribution in [0.1, 0.15) is 53.4 Å². The number of aliphatic carboxylic acids is 1. The number of amides is 3. The maximum atomic E-state index is 12.7. The van der Waals surface area contributed by atoms with Crippen molar-refractivity contribution in [2.45, 2.75) is 83.6 Å². The number of unbranched alkanes of at least 4 members (excludes halogenated alkanes) is 1. The third-order valence-corrected chi connectivity index (χ3v) is 4.38. The van der Waals surface area contributed by atoms with Crippen molar-refractivity contribution < 1.29 is 29.4 Å². The van der Waals surface area contributed by atoms with Gasteiger partial charge in [0.1, 0.15) is 18.1 Å². The summed E-state index contributed by atoms with van der Waals surface area (Å²) in [4.78, 5) is 48.6. The number of aliphatic hydroxyl groups is 1. The fourth-order valence-electron chi connectivity index (χ4n) is 2.68. The number of hydrogen-bond acceptors (Lipinski definition) is 7. The number of nitrogens with one attached hydrogen (secondary N) is 3. The Kier molecular flexibility index (Phi) is 12.8. The lowest BCUT2D eigenvalue weighted by molar-refractivity contribution is -0.143. The highest BCUT2D eigenvalue weighted by Gasteiger charge is 2.32. The highest BCUT2D eigenvalue weighted by atomic mass is 16.4. The average Bonchev–Trinajstić information content (AvgIpc) is 2.63. The Balaban J connectivity index is 5.31. The maximum Gasteiger partial charge on any atom is 0.326 e. The smallest absolute Gasteiger partial charge is 0.326 e. The molecular weight excluding hydrogens is 394 g/mol. The first-order valence-electron chi connectivity index (χ1n) is 10.2. The molecule has 0 heterocycles. The summed E-state index contributed by atoms with van der Waals surface area (Å²) in [6.45, 7) is 6.80. The fourth-order valence-corrected chi connectivity index (χ4v) is 2.68. The van der Waals surface area contributed by atoms with Gasteiger partial charge in [-0.1, -0.05) is 13.8 Å². The van der Waals surface area contributed by atoms with Gasteiger partial charge in [-0.2, -0.15) is 0 Å². The van der Waals surface area contributed by atoms with E-state index in [4.69, 9.17) is 11.5 Å². The van der Waals surface area contributed by atoms with Crippen LogP contribution in [0.3, 0.4) is 0 Å². The molecule has 0 bridgehead atoms. The molecule has 5 atom stereocenters. The first-order chi connectivity index (χ1) is 13.9. The van der Waals surface area contributed by atoms with Crippen molar-refractivity contribution in [2.75, 3.05) is 6.54 Å². The van der Waals surface area contributed by atoms with Crippen LogP contribution in [0.5, 0.6) is 0 Å². The Labute approximate surface area is 177 Å². The molecule has 9 N–H and O–H groups in total. The number of aliphatic hydroxyl groups excluding tert-OH is 1. The van der Waals surface area contributed by atoms with Crippen LogP contribution in [-0.2, 0) is 19.2 Å². The van der Waals surface area contributed by atoms with Gasteiger partial charge in [0.05, 0.1) is 12.1 Å². The maximum absolute atomic E-state index is 12.7. The van der Waals surface area contributed by atoms with Gasteiger partial charge in [0.25, 0.3) is 0 Å². The zero-order chi connectivity index (χ0) is 23.4. The van der Waals surface area contributed by atoms with Gasteiger partial charge in [-0.05, 0) is 52.0 Å². The van der Waals surface area contributed by atoms with E-state index in [0.29, 0.717) is 19.4 Å². The third-order valence-electron chi connectivity index (χ3n) is 4.38. The molecule has 0 aromatic carbocycles. The molecule has 174 valence electrons. The van der Waals surface area contributed by atoms with Crippen LogP contribution in [0.15, 0.2) is 0 Å². The Bertz CT molecular complexity index is 582. The van der Waals surface area contributed by atoms with Crippen LogP contribution in [0.2, 0.25) is 0 Å². The van der Waals surface area contributed by atoms with Crippen molar-refractivity contribution in [3.05, 3.63) is 0 Å². The summed E-state index contributed by atoms with van der Waals surface area (Å²) in [6, 6.07) is -4.36. The summed E-state index contributed by atoms with van der Waals surface area (Å²) >= 11 is 0. The van der Waals surface area contributed by atoms with E-state index in [9.17, 15) is 29.4 Å². The molecule has 0 spiro atoms. The van der Waals surface area contributed by atoms with Crippen molar-refractivity contribution >= 4 is 23.7 Å². The van der Waals surface area contributed by atoms with E-state index in [0.717, 1.165) is 0 Å². The summed E-state index contributed by atoms with van der Waals surface area (Å²) in [5, 5.41) is 26.6. The van der Waals surface area contributed by atoms with Crippen LogP contribution in [0.4, 0.5) is 0 Å². The molecule has 5 unspecified atom stereocenters. The van der Waals surface area contributed by atoms with Crippen molar-refractivity contribution in [1.29, 1.82) is 0 Å². The molecule has 0 saturated carbocycles. The Morgan fingerprint density at radius 2 is 1.43 bits per heavy atom. The van der Waals surface area contributed by atoms with Gasteiger partial charge in [-0.3, -0.25) is 14.4 Å². The van der Waals surface area contributed by atoms with Crippen molar-refractivity contribution in [3.63, 3.8) is 0 Å². The van der Waals surface area contributed by atoms with Gasteiger partial charge in [0.2, 0.25) is 17.7 Å². The zero-order valence-corrected chi connectivity index (χ0v) is 18.2. The van der Waals surface area contributed by atoms with Gasteiger partial charge in [0.15, 0.2) is 0 Å². The fraction of sp³-hybridized carbons (Fsp3) is 0.789. The summed E-state index contributed by atoms with van der Waals surface area (Å²) in [5.74, 6) is -3.25. The number of carboxylic acid groups (broad SMARTS) is 1. The molecule has 0 aromatic heterocycles. The molecule has 0 aliphatic rings. The third kappa shape index (κ3) is 10.5. The molecule has 0 aliphatic heterocycles. The second kappa shape index (κ2) is 13.9. The summed E-state index contributed by atoms with van der Waals surface area (Å²) in [5.41, 5.74) is 11.0. The minimum absolute atomic E-state index is 0.00591. The number of carbonyl (C=O) groups excluding carboxylic acids is 3. The van der Waals surface area contributed by atoms with Crippen molar-refractivity contribution in [1.82, 2.24) is 16.0 Å². The summed E-state index contributed by atoms with van der Waals surface area (Å²) in [6.07, 6.45) is 0.341. The van der Waals surface area contributed by atoms with Crippen molar-refractivity contribution in [2.24, 2.45) is 17.4 Å². The Morgan fingerprint density at radius 1 is 0.867 bits per heavy atom. The van der Waals surface area contributed by atoms with Crippen LogP contribution in [0.25, 0.3) is 0 Å². The molecule has 0 aromatic rings. The van der Waals surface area contributed by atoms with E-state index >= 15 is 0 Å². The first kappa shape index (κ1) is 27.8. The van der Waals surface area contributed by atoms with E-state index in [1.807, 2.05) is 13.8 Å². The van der Waals surface area contributed by atoms with E-state index in [2.05, 4.69) is 16.0 Å². The monoisotopic (exact) mass is 431 g/mol. The predicted molar refractivity (Wildman–Crippen MR) is 111 cm³/mol. The molecule has 0 saturated heterocycles. The van der Waals surface area contributed by atoms with Crippen LogP contribution in [-0.4, -0.2) is 70.7 Å². The van der Waals surface area contributed by atoms with Gasteiger partial charge >= 0.3 is 5.97 Å². The van der Waals surface area contributed by atoms with Crippen LogP contribution >= 0.6 is 0 Å². The number of carboxylic acids is 1. The molecular formula is C19H37N5O6. The second-order valence-corrected chi connectivity index (χ2v) is 7.89. The molecule has 0 radical (unpaired) electrons. The second-order valence-electron chi connectivity index (χ2n) is 7.89. The highest BCUT2D eigenvalue weighted by Crippen LogP contribution is 2.07. The van der Waals surface area contributed by atoms with E-state index in [1.54, 1.807) is 0 Å². The molecule has 11 nitrogen and oxygen atoms in total. The minimum atomic E-state index is -1.39. The quantitative estimate of drug-likeness (QED) is 0.160. The number of hydrogen-bond donors (Lipinski definition) is 7. The predicted octanol–water partition coefficient (Wildman–Crippen LogP) is -1.57. The topological polar surface area (TPSA) is 197 Å². The Morgan fingerprint density at radius 3 is 1.87 bits per heavy atom. The molecule has 0 fully saturated rings. The molecule has 0 aliphatic carbocycles. The van der Waals surface area contributed by atoms with E-state index in [1.165, 1.54) is 13.8 Å². The Hall–Kier alpha value is -2.24. The summed E-state index contributed by atoms with van der Waals surface area (Å²) in [7, 11) is 0. The first-order valence-corrected chi connectivity index (χ1v) is 10.2. The van der Waals surface area contributed by atoms with E-state index < -0.39 is 54.0 Å². The highest BCUT2D eigenvalue weighted by molar-refractivity contribution is 5.94. The largest absolute Gasteiger partial charge is 0.480 e. The molecule has 30 heavy (non-hydrogen) atoms.